The summed E-state index contributed by atoms with van der Waals surface area (Å²) in [6.45, 7) is 6.37. The maximum Gasteiger partial charge on any atom is 0.243 e. The third kappa shape index (κ3) is 5.16. The molecule has 0 aliphatic carbocycles. The zero-order valence-electron chi connectivity index (χ0n) is 17.1. The lowest BCUT2D eigenvalue weighted by Gasteiger charge is -2.30. The molecule has 0 atom stereocenters. The van der Waals surface area contributed by atoms with Crippen molar-refractivity contribution in [1.29, 1.82) is 0 Å². The highest BCUT2D eigenvalue weighted by Gasteiger charge is 2.32. The van der Waals surface area contributed by atoms with E-state index < -0.39 is 10.0 Å². The molecule has 0 radical (unpaired) electrons. The quantitative estimate of drug-likeness (QED) is 0.777. The Morgan fingerprint density at radius 3 is 2.34 bits per heavy atom. The number of anilines is 1. The molecule has 1 saturated heterocycles. The van der Waals surface area contributed by atoms with Gasteiger partial charge in [0.25, 0.3) is 0 Å². The van der Waals surface area contributed by atoms with Gasteiger partial charge in [0.2, 0.25) is 15.9 Å². The van der Waals surface area contributed by atoms with Crippen molar-refractivity contribution in [2.45, 2.75) is 44.6 Å². The lowest BCUT2D eigenvalue weighted by atomic mass is 9.97. The van der Waals surface area contributed by atoms with Crippen molar-refractivity contribution in [3.05, 3.63) is 54.1 Å². The number of aryl methyl sites for hydroxylation is 1. The van der Waals surface area contributed by atoms with Gasteiger partial charge in [-0.15, -0.1) is 0 Å². The van der Waals surface area contributed by atoms with E-state index >= 15 is 0 Å². The molecule has 2 aromatic rings. The average Bonchev–Trinajstić information content (AvgIpc) is 2.70. The molecule has 0 bridgehead atoms. The zero-order chi connectivity index (χ0) is 21.0. The molecular formula is C22H28N2O4S. The molecule has 1 N–H and O–H groups in total. The first kappa shape index (κ1) is 21.3. The Bertz CT molecular complexity index is 950. The number of ether oxygens (including phenoxy) is 1. The molecule has 1 heterocycles. The highest BCUT2D eigenvalue weighted by molar-refractivity contribution is 7.89. The van der Waals surface area contributed by atoms with E-state index in [-0.39, 0.29) is 22.8 Å². The number of nitrogens with zero attached hydrogens (tertiary/aromatic N) is 1. The van der Waals surface area contributed by atoms with E-state index in [0.29, 0.717) is 31.7 Å². The minimum absolute atomic E-state index is 0.0252. The van der Waals surface area contributed by atoms with Crippen molar-refractivity contribution in [3.63, 3.8) is 0 Å². The summed E-state index contributed by atoms with van der Waals surface area (Å²) in [6.07, 6.45) is 1.04. The maximum atomic E-state index is 13.0. The van der Waals surface area contributed by atoms with Crippen molar-refractivity contribution in [1.82, 2.24) is 4.31 Å². The van der Waals surface area contributed by atoms with Gasteiger partial charge in [0.15, 0.2) is 0 Å². The second kappa shape index (κ2) is 8.97. The van der Waals surface area contributed by atoms with Crippen LogP contribution in [0.15, 0.2) is 53.4 Å². The van der Waals surface area contributed by atoms with E-state index in [0.717, 1.165) is 11.3 Å². The highest BCUT2D eigenvalue weighted by atomic mass is 32.2. The van der Waals surface area contributed by atoms with Gasteiger partial charge < -0.3 is 10.1 Å². The Morgan fingerprint density at radius 1 is 1.10 bits per heavy atom. The third-order valence-electron chi connectivity index (χ3n) is 5.01. The monoisotopic (exact) mass is 416 g/mol. The number of sulfonamides is 1. The molecule has 156 valence electrons. The fourth-order valence-electron chi connectivity index (χ4n) is 3.44. The number of carbonyl (C=O) groups excluding carboxylic acids is 1. The first-order valence-corrected chi connectivity index (χ1v) is 11.3. The van der Waals surface area contributed by atoms with Crippen LogP contribution >= 0.6 is 0 Å². The summed E-state index contributed by atoms with van der Waals surface area (Å²) in [5.74, 6) is 0.444. The molecule has 0 spiro atoms. The van der Waals surface area contributed by atoms with Gasteiger partial charge in [0, 0.05) is 24.7 Å². The van der Waals surface area contributed by atoms with Crippen LogP contribution < -0.4 is 10.1 Å². The molecule has 1 fully saturated rings. The topological polar surface area (TPSA) is 75.7 Å². The SMILES string of the molecule is Cc1cc(S(=O)(=O)N2CCC(C(=O)Nc3ccccc3)CC2)ccc1OC(C)C. The van der Waals surface area contributed by atoms with Crippen LogP contribution in [0.4, 0.5) is 5.69 Å². The molecule has 0 aromatic heterocycles. The van der Waals surface area contributed by atoms with Gasteiger partial charge >= 0.3 is 0 Å². The second-order valence-corrected chi connectivity index (χ2v) is 9.57. The summed E-state index contributed by atoms with van der Waals surface area (Å²) in [5.41, 5.74) is 1.55. The standard InChI is InChI=1S/C22H28N2O4S/c1-16(2)28-21-10-9-20(15-17(21)3)29(26,27)24-13-11-18(12-14-24)22(25)23-19-7-5-4-6-8-19/h4-10,15-16,18H,11-14H2,1-3H3,(H,23,25). The van der Waals surface area contributed by atoms with Crippen molar-refractivity contribution in [2.24, 2.45) is 5.92 Å². The molecule has 6 nitrogen and oxygen atoms in total. The molecule has 0 saturated carbocycles. The summed E-state index contributed by atoms with van der Waals surface area (Å²) in [5, 5.41) is 2.91. The van der Waals surface area contributed by atoms with E-state index in [9.17, 15) is 13.2 Å². The molecule has 1 aliphatic rings. The second-order valence-electron chi connectivity index (χ2n) is 7.63. The molecule has 29 heavy (non-hydrogen) atoms. The fraction of sp³-hybridized carbons (Fsp3) is 0.409. The fourth-order valence-corrected chi connectivity index (χ4v) is 5.00. The van der Waals surface area contributed by atoms with Gasteiger partial charge in [0.05, 0.1) is 11.0 Å². The molecule has 3 rings (SSSR count). The Kier molecular flexibility index (Phi) is 6.59. The summed E-state index contributed by atoms with van der Waals surface area (Å²) in [6, 6.07) is 14.3. The van der Waals surface area contributed by atoms with E-state index in [1.54, 1.807) is 18.2 Å². The van der Waals surface area contributed by atoms with Crippen LogP contribution in [0, 0.1) is 12.8 Å². The van der Waals surface area contributed by atoms with Crippen molar-refractivity contribution in [3.8, 4) is 5.75 Å². The Labute approximate surface area is 172 Å². The van der Waals surface area contributed by atoms with Gasteiger partial charge in [-0.25, -0.2) is 8.42 Å². The molecular weight excluding hydrogens is 388 g/mol. The molecule has 1 aliphatic heterocycles. The van der Waals surface area contributed by atoms with Gasteiger partial charge in [-0.2, -0.15) is 4.31 Å². The first-order chi connectivity index (χ1) is 13.8. The van der Waals surface area contributed by atoms with E-state index in [1.165, 1.54) is 4.31 Å². The largest absolute Gasteiger partial charge is 0.491 e. The predicted octanol–water partition coefficient (Wildman–Crippen LogP) is 3.82. The van der Waals surface area contributed by atoms with Crippen LogP contribution in [-0.4, -0.2) is 37.8 Å². The summed E-state index contributed by atoms with van der Waals surface area (Å²) in [4.78, 5) is 12.7. The van der Waals surface area contributed by atoms with Gasteiger partial charge in [0.1, 0.15) is 5.75 Å². The van der Waals surface area contributed by atoms with Crippen molar-refractivity contribution < 1.29 is 17.9 Å². The first-order valence-electron chi connectivity index (χ1n) is 9.91. The smallest absolute Gasteiger partial charge is 0.243 e. The van der Waals surface area contributed by atoms with Crippen LogP contribution in [0.2, 0.25) is 0 Å². The number of hydrogen-bond acceptors (Lipinski definition) is 4. The number of para-hydroxylation sites is 1. The van der Waals surface area contributed by atoms with E-state index in [4.69, 9.17) is 4.74 Å². The predicted molar refractivity (Wildman–Crippen MR) is 113 cm³/mol. The zero-order valence-corrected chi connectivity index (χ0v) is 17.9. The van der Waals surface area contributed by atoms with Gasteiger partial charge in [-0.05, 0) is 69.5 Å². The Balaban J connectivity index is 1.63. The molecule has 1 amide bonds. The normalized spacial score (nSPS) is 16.0. The summed E-state index contributed by atoms with van der Waals surface area (Å²) in [7, 11) is -3.59. The number of hydrogen-bond donors (Lipinski definition) is 1. The molecule has 2 aromatic carbocycles. The van der Waals surface area contributed by atoms with E-state index in [1.807, 2.05) is 51.1 Å². The van der Waals surface area contributed by atoms with Crippen molar-refractivity contribution >= 4 is 21.6 Å². The van der Waals surface area contributed by atoms with Crippen LogP contribution in [-0.2, 0) is 14.8 Å². The number of benzene rings is 2. The van der Waals surface area contributed by atoms with Crippen molar-refractivity contribution in [2.75, 3.05) is 18.4 Å². The number of amides is 1. The average molecular weight is 417 g/mol. The van der Waals surface area contributed by atoms with Crippen LogP contribution in [0.5, 0.6) is 5.75 Å². The van der Waals surface area contributed by atoms with Gasteiger partial charge in [-0.1, -0.05) is 18.2 Å². The third-order valence-corrected chi connectivity index (χ3v) is 6.91. The lowest BCUT2D eigenvalue weighted by molar-refractivity contribution is -0.120. The lowest BCUT2D eigenvalue weighted by Crippen LogP contribution is -2.41. The minimum atomic E-state index is -3.59. The molecule has 0 unspecified atom stereocenters. The van der Waals surface area contributed by atoms with Crippen LogP contribution in [0.3, 0.4) is 0 Å². The number of piperidine rings is 1. The summed E-state index contributed by atoms with van der Waals surface area (Å²) >= 11 is 0. The molecule has 7 heteroatoms. The maximum absolute atomic E-state index is 13.0. The Morgan fingerprint density at radius 2 is 1.76 bits per heavy atom. The summed E-state index contributed by atoms with van der Waals surface area (Å²) < 4.78 is 33.2. The van der Waals surface area contributed by atoms with Crippen LogP contribution in [0.25, 0.3) is 0 Å². The van der Waals surface area contributed by atoms with Gasteiger partial charge in [-0.3, -0.25) is 4.79 Å². The van der Waals surface area contributed by atoms with E-state index in [2.05, 4.69) is 5.32 Å². The number of nitrogens with one attached hydrogen (secondary N) is 1. The van der Waals surface area contributed by atoms with Crippen LogP contribution in [0.1, 0.15) is 32.3 Å². The minimum Gasteiger partial charge on any atom is -0.491 e. The number of carbonyl (C=O) groups is 1. The number of rotatable bonds is 6. The Hall–Kier alpha value is -2.38. The highest BCUT2D eigenvalue weighted by Crippen LogP contribution is 2.28.